The molecule has 0 saturated carbocycles. The molecular weight excluding hydrogens is 176 g/mol. The lowest BCUT2D eigenvalue weighted by molar-refractivity contribution is 0.363. The summed E-state index contributed by atoms with van der Waals surface area (Å²) < 4.78 is 10.6. The Bertz CT molecular complexity index is 218. The summed E-state index contributed by atoms with van der Waals surface area (Å²) in [7, 11) is 0. The highest BCUT2D eigenvalue weighted by Gasteiger charge is 2.35. The Morgan fingerprint density at radius 1 is 1.29 bits per heavy atom. The van der Waals surface area contributed by atoms with Gasteiger partial charge >= 0.3 is 0 Å². The summed E-state index contributed by atoms with van der Waals surface area (Å²) in [6, 6.07) is 0. The van der Waals surface area contributed by atoms with Gasteiger partial charge in [0.2, 0.25) is 0 Å². The van der Waals surface area contributed by atoms with Crippen molar-refractivity contribution < 1.29 is 9.47 Å². The van der Waals surface area contributed by atoms with Crippen LogP contribution in [-0.2, 0) is 9.47 Å². The maximum atomic E-state index is 5.48. The van der Waals surface area contributed by atoms with Crippen molar-refractivity contribution >= 4 is 0 Å². The van der Waals surface area contributed by atoms with Gasteiger partial charge in [-0.1, -0.05) is 37.6 Å². The van der Waals surface area contributed by atoms with Gasteiger partial charge in [-0.15, -0.1) is 0 Å². The molecule has 2 nitrogen and oxygen atoms in total. The predicted octanol–water partition coefficient (Wildman–Crippen LogP) is 2.46. The largest absolute Gasteiger partial charge is 0.373 e. The molecule has 0 N–H and O–H groups in total. The molecule has 0 amide bonds. The van der Waals surface area contributed by atoms with Crippen LogP contribution in [0, 0.1) is 0 Å². The highest BCUT2D eigenvalue weighted by atomic mass is 16.6. The van der Waals surface area contributed by atoms with E-state index in [0.717, 1.165) is 6.61 Å². The Morgan fingerprint density at radius 2 is 2.07 bits per heavy atom. The van der Waals surface area contributed by atoms with Crippen molar-refractivity contribution in [1.82, 2.24) is 0 Å². The SMILES string of the molecule is C=CC=CC1OC1CCCCC1CO1. The molecule has 0 radical (unpaired) electrons. The van der Waals surface area contributed by atoms with E-state index in [2.05, 4.69) is 12.7 Å². The Hall–Kier alpha value is -0.600. The predicted molar refractivity (Wildman–Crippen MR) is 56.2 cm³/mol. The molecule has 0 bridgehead atoms. The molecule has 2 aliphatic heterocycles. The minimum atomic E-state index is 0.366. The summed E-state index contributed by atoms with van der Waals surface area (Å²) in [6.45, 7) is 4.62. The third kappa shape index (κ3) is 3.28. The molecule has 2 heteroatoms. The van der Waals surface area contributed by atoms with Crippen molar-refractivity contribution in [2.75, 3.05) is 6.61 Å². The fraction of sp³-hybridized carbons (Fsp3) is 0.667. The van der Waals surface area contributed by atoms with E-state index in [0.29, 0.717) is 18.3 Å². The smallest absolute Gasteiger partial charge is 0.103 e. The van der Waals surface area contributed by atoms with Gasteiger partial charge in [0.15, 0.2) is 0 Å². The van der Waals surface area contributed by atoms with E-state index < -0.39 is 0 Å². The Balaban J connectivity index is 1.46. The van der Waals surface area contributed by atoms with E-state index in [1.54, 1.807) is 6.08 Å². The number of ether oxygens (including phenoxy) is 2. The Labute approximate surface area is 85.6 Å². The van der Waals surface area contributed by atoms with Gasteiger partial charge in [-0.05, 0) is 12.8 Å². The summed E-state index contributed by atoms with van der Waals surface area (Å²) in [5.74, 6) is 0. The highest BCUT2D eigenvalue weighted by Crippen LogP contribution is 2.29. The third-order valence-corrected chi connectivity index (χ3v) is 2.73. The quantitative estimate of drug-likeness (QED) is 0.353. The summed E-state index contributed by atoms with van der Waals surface area (Å²) in [6.07, 6.45) is 12.3. The maximum absolute atomic E-state index is 5.48. The first-order valence-corrected chi connectivity index (χ1v) is 5.46. The fourth-order valence-electron chi connectivity index (χ4n) is 1.70. The lowest BCUT2D eigenvalue weighted by Gasteiger charge is -1.94. The van der Waals surface area contributed by atoms with Crippen molar-refractivity contribution in [1.29, 1.82) is 0 Å². The van der Waals surface area contributed by atoms with Crippen molar-refractivity contribution in [2.45, 2.75) is 44.0 Å². The van der Waals surface area contributed by atoms with Gasteiger partial charge in [0.25, 0.3) is 0 Å². The van der Waals surface area contributed by atoms with E-state index >= 15 is 0 Å². The number of hydrogen-bond acceptors (Lipinski definition) is 2. The van der Waals surface area contributed by atoms with E-state index in [1.807, 2.05) is 6.08 Å². The van der Waals surface area contributed by atoms with Gasteiger partial charge in [-0.25, -0.2) is 0 Å². The van der Waals surface area contributed by atoms with E-state index in [-0.39, 0.29) is 0 Å². The van der Waals surface area contributed by atoms with Crippen LogP contribution in [0.15, 0.2) is 24.8 Å². The first-order chi connectivity index (χ1) is 6.90. The number of unbranched alkanes of at least 4 members (excludes halogenated alkanes) is 1. The molecule has 2 heterocycles. The second-order valence-electron chi connectivity index (χ2n) is 4.00. The fourth-order valence-corrected chi connectivity index (χ4v) is 1.70. The van der Waals surface area contributed by atoms with Crippen LogP contribution in [-0.4, -0.2) is 24.9 Å². The number of epoxide rings is 2. The molecule has 0 aromatic rings. The normalized spacial score (nSPS) is 34.7. The summed E-state index contributed by atoms with van der Waals surface area (Å²) in [5, 5.41) is 0. The lowest BCUT2D eigenvalue weighted by Crippen LogP contribution is -1.92. The van der Waals surface area contributed by atoms with Crippen LogP contribution in [0.25, 0.3) is 0 Å². The molecule has 2 fully saturated rings. The van der Waals surface area contributed by atoms with Crippen molar-refractivity contribution in [3.8, 4) is 0 Å². The monoisotopic (exact) mass is 194 g/mol. The van der Waals surface area contributed by atoms with Crippen LogP contribution < -0.4 is 0 Å². The number of allylic oxidation sites excluding steroid dienone is 2. The molecule has 0 aliphatic carbocycles. The first kappa shape index (κ1) is 9.94. The van der Waals surface area contributed by atoms with Crippen LogP contribution in [0.3, 0.4) is 0 Å². The van der Waals surface area contributed by atoms with Crippen molar-refractivity contribution in [3.05, 3.63) is 24.8 Å². The molecule has 0 aromatic heterocycles. The standard InChI is InChI=1S/C12H18O2/c1-2-3-7-11-12(14-11)8-5-4-6-10-9-13-10/h2-3,7,10-12H,1,4-6,8-9H2. The molecule has 2 rings (SSSR count). The second-order valence-corrected chi connectivity index (χ2v) is 4.00. The van der Waals surface area contributed by atoms with Gasteiger partial charge in [0.1, 0.15) is 6.10 Å². The molecule has 0 aromatic carbocycles. The number of hydrogen-bond donors (Lipinski definition) is 0. The molecule has 0 spiro atoms. The van der Waals surface area contributed by atoms with Crippen LogP contribution >= 0.6 is 0 Å². The summed E-state index contributed by atoms with van der Waals surface area (Å²) in [4.78, 5) is 0. The molecular formula is C12H18O2. The van der Waals surface area contributed by atoms with Crippen LogP contribution in [0.5, 0.6) is 0 Å². The van der Waals surface area contributed by atoms with Gasteiger partial charge in [-0.2, -0.15) is 0 Å². The lowest BCUT2D eigenvalue weighted by atomic mass is 10.1. The zero-order valence-corrected chi connectivity index (χ0v) is 8.52. The van der Waals surface area contributed by atoms with E-state index in [9.17, 15) is 0 Å². The third-order valence-electron chi connectivity index (χ3n) is 2.73. The molecule has 2 aliphatic rings. The summed E-state index contributed by atoms with van der Waals surface area (Å²) in [5.41, 5.74) is 0. The average molecular weight is 194 g/mol. The maximum Gasteiger partial charge on any atom is 0.103 e. The van der Waals surface area contributed by atoms with Gasteiger partial charge in [-0.3, -0.25) is 0 Å². The average Bonchev–Trinajstić information content (AvgIpc) is 3.06. The van der Waals surface area contributed by atoms with Crippen molar-refractivity contribution in [2.24, 2.45) is 0 Å². The van der Waals surface area contributed by atoms with E-state index in [4.69, 9.17) is 9.47 Å². The molecule has 78 valence electrons. The zero-order chi connectivity index (χ0) is 9.80. The molecule has 14 heavy (non-hydrogen) atoms. The zero-order valence-electron chi connectivity index (χ0n) is 8.52. The first-order valence-electron chi connectivity index (χ1n) is 5.46. The van der Waals surface area contributed by atoms with Crippen LogP contribution in [0.2, 0.25) is 0 Å². The molecule has 3 unspecified atom stereocenters. The Morgan fingerprint density at radius 3 is 2.79 bits per heavy atom. The summed E-state index contributed by atoms with van der Waals surface area (Å²) >= 11 is 0. The Kier molecular flexibility index (Phi) is 3.38. The van der Waals surface area contributed by atoms with Gasteiger partial charge in [0.05, 0.1) is 18.8 Å². The minimum absolute atomic E-state index is 0.366. The van der Waals surface area contributed by atoms with Crippen molar-refractivity contribution in [3.63, 3.8) is 0 Å². The number of rotatable bonds is 7. The van der Waals surface area contributed by atoms with Crippen LogP contribution in [0.1, 0.15) is 25.7 Å². The molecule has 3 atom stereocenters. The van der Waals surface area contributed by atoms with Gasteiger partial charge in [0, 0.05) is 0 Å². The van der Waals surface area contributed by atoms with Crippen LogP contribution in [0.4, 0.5) is 0 Å². The second kappa shape index (κ2) is 4.76. The van der Waals surface area contributed by atoms with Gasteiger partial charge < -0.3 is 9.47 Å². The topological polar surface area (TPSA) is 25.1 Å². The highest BCUT2D eigenvalue weighted by molar-refractivity contribution is 5.08. The minimum Gasteiger partial charge on any atom is -0.373 e. The molecule has 2 saturated heterocycles. The van der Waals surface area contributed by atoms with E-state index in [1.165, 1.54) is 25.7 Å².